The van der Waals surface area contributed by atoms with E-state index < -0.39 is 0 Å². The third-order valence-electron chi connectivity index (χ3n) is 3.36. The van der Waals surface area contributed by atoms with Crippen LogP contribution < -0.4 is 5.73 Å². The van der Waals surface area contributed by atoms with Crippen molar-refractivity contribution in [2.45, 2.75) is 37.8 Å². The first-order valence-electron chi connectivity index (χ1n) is 5.47. The number of aromatic nitrogens is 2. The SMILES string of the molecule is Cn1ccnc1CC(N)C1(C)CCCO1. The molecule has 2 heterocycles. The highest BCUT2D eigenvalue weighted by Gasteiger charge is 2.36. The van der Waals surface area contributed by atoms with Crippen molar-refractivity contribution >= 4 is 0 Å². The van der Waals surface area contributed by atoms with Crippen LogP contribution in [-0.4, -0.2) is 27.8 Å². The average molecular weight is 209 g/mol. The molecule has 1 aliphatic heterocycles. The van der Waals surface area contributed by atoms with Crippen LogP contribution in [0, 0.1) is 0 Å². The molecule has 0 bridgehead atoms. The molecule has 0 aromatic carbocycles. The predicted molar refractivity (Wildman–Crippen MR) is 58.5 cm³/mol. The van der Waals surface area contributed by atoms with E-state index in [1.807, 2.05) is 17.8 Å². The Bertz CT molecular complexity index is 328. The summed E-state index contributed by atoms with van der Waals surface area (Å²) in [7, 11) is 1.99. The minimum atomic E-state index is -0.161. The van der Waals surface area contributed by atoms with Gasteiger partial charge in [0.1, 0.15) is 5.82 Å². The molecule has 15 heavy (non-hydrogen) atoms. The summed E-state index contributed by atoms with van der Waals surface area (Å²) in [4.78, 5) is 4.29. The minimum Gasteiger partial charge on any atom is -0.374 e. The number of nitrogens with zero attached hydrogens (tertiary/aromatic N) is 2. The van der Waals surface area contributed by atoms with Gasteiger partial charge in [0.05, 0.1) is 5.60 Å². The number of hydrogen-bond acceptors (Lipinski definition) is 3. The highest BCUT2D eigenvalue weighted by molar-refractivity contribution is 5.00. The molecule has 4 heteroatoms. The summed E-state index contributed by atoms with van der Waals surface area (Å²) in [5, 5.41) is 0. The Morgan fingerprint density at radius 1 is 1.73 bits per heavy atom. The molecule has 0 aliphatic carbocycles. The van der Waals surface area contributed by atoms with Crippen LogP contribution in [0.4, 0.5) is 0 Å². The van der Waals surface area contributed by atoms with Gasteiger partial charge in [-0.3, -0.25) is 0 Å². The van der Waals surface area contributed by atoms with E-state index in [1.165, 1.54) is 0 Å². The zero-order chi connectivity index (χ0) is 10.9. The molecule has 2 rings (SSSR count). The quantitative estimate of drug-likeness (QED) is 0.803. The van der Waals surface area contributed by atoms with Gasteiger partial charge in [0.15, 0.2) is 0 Å². The maximum atomic E-state index is 6.20. The van der Waals surface area contributed by atoms with Crippen molar-refractivity contribution < 1.29 is 4.74 Å². The molecule has 84 valence electrons. The summed E-state index contributed by atoms with van der Waals surface area (Å²) in [6.07, 6.45) is 6.70. The van der Waals surface area contributed by atoms with E-state index in [0.29, 0.717) is 0 Å². The molecule has 4 nitrogen and oxygen atoms in total. The number of nitrogens with two attached hydrogens (primary N) is 1. The summed E-state index contributed by atoms with van der Waals surface area (Å²) in [6, 6.07) is 0.0288. The maximum Gasteiger partial charge on any atom is 0.110 e. The monoisotopic (exact) mass is 209 g/mol. The number of rotatable bonds is 3. The summed E-state index contributed by atoms with van der Waals surface area (Å²) in [5.41, 5.74) is 6.03. The molecule has 0 spiro atoms. The number of imidazole rings is 1. The van der Waals surface area contributed by atoms with Crippen LogP contribution in [0.25, 0.3) is 0 Å². The van der Waals surface area contributed by atoms with Gasteiger partial charge in [-0.1, -0.05) is 0 Å². The van der Waals surface area contributed by atoms with Crippen molar-refractivity contribution in [3.63, 3.8) is 0 Å². The molecular formula is C11H19N3O. The van der Waals surface area contributed by atoms with E-state index in [9.17, 15) is 0 Å². The lowest BCUT2D eigenvalue weighted by atomic mass is 9.91. The zero-order valence-electron chi connectivity index (χ0n) is 9.44. The van der Waals surface area contributed by atoms with E-state index in [1.54, 1.807) is 6.20 Å². The Kier molecular flexibility index (Phi) is 2.80. The second-order valence-electron chi connectivity index (χ2n) is 4.53. The fraction of sp³-hybridized carbons (Fsp3) is 0.727. The van der Waals surface area contributed by atoms with Gasteiger partial charge in [-0.15, -0.1) is 0 Å². The second-order valence-corrected chi connectivity index (χ2v) is 4.53. The van der Waals surface area contributed by atoms with Gasteiger partial charge in [-0.05, 0) is 19.8 Å². The van der Waals surface area contributed by atoms with E-state index in [2.05, 4.69) is 11.9 Å². The number of hydrogen-bond donors (Lipinski definition) is 1. The Morgan fingerprint density at radius 3 is 3.07 bits per heavy atom. The highest BCUT2D eigenvalue weighted by Crippen LogP contribution is 2.28. The van der Waals surface area contributed by atoms with Crippen molar-refractivity contribution in [2.24, 2.45) is 12.8 Å². The molecule has 2 N–H and O–H groups in total. The molecule has 1 saturated heterocycles. The first-order valence-corrected chi connectivity index (χ1v) is 5.47. The van der Waals surface area contributed by atoms with Crippen LogP contribution in [0.2, 0.25) is 0 Å². The predicted octanol–water partition coefficient (Wildman–Crippen LogP) is 0.859. The van der Waals surface area contributed by atoms with E-state index in [0.717, 1.165) is 31.7 Å². The topological polar surface area (TPSA) is 53.1 Å². The lowest BCUT2D eigenvalue weighted by Crippen LogP contribution is -2.46. The molecule has 2 unspecified atom stereocenters. The van der Waals surface area contributed by atoms with Crippen molar-refractivity contribution in [1.82, 2.24) is 9.55 Å². The standard InChI is InChI=1S/C11H19N3O/c1-11(4-3-7-15-11)9(12)8-10-13-5-6-14(10)2/h5-6,9H,3-4,7-8,12H2,1-2H3. The van der Waals surface area contributed by atoms with Crippen molar-refractivity contribution in [2.75, 3.05) is 6.61 Å². The van der Waals surface area contributed by atoms with Crippen LogP contribution in [0.3, 0.4) is 0 Å². The van der Waals surface area contributed by atoms with Gasteiger partial charge in [-0.2, -0.15) is 0 Å². The lowest BCUT2D eigenvalue weighted by Gasteiger charge is -2.30. The second kappa shape index (κ2) is 3.94. The van der Waals surface area contributed by atoms with Gasteiger partial charge in [-0.25, -0.2) is 4.98 Å². The highest BCUT2D eigenvalue weighted by atomic mass is 16.5. The molecule has 1 aromatic rings. The Hall–Kier alpha value is -0.870. The molecular weight excluding hydrogens is 190 g/mol. The third-order valence-corrected chi connectivity index (χ3v) is 3.36. The van der Waals surface area contributed by atoms with Gasteiger partial charge < -0.3 is 15.0 Å². The normalized spacial score (nSPS) is 28.2. The molecule has 0 radical (unpaired) electrons. The largest absolute Gasteiger partial charge is 0.374 e. The van der Waals surface area contributed by atoms with Crippen LogP contribution in [0.1, 0.15) is 25.6 Å². The van der Waals surface area contributed by atoms with E-state index >= 15 is 0 Å². The van der Waals surface area contributed by atoms with Crippen molar-refractivity contribution in [3.05, 3.63) is 18.2 Å². The van der Waals surface area contributed by atoms with Crippen molar-refractivity contribution in [1.29, 1.82) is 0 Å². The van der Waals surface area contributed by atoms with Gasteiger partial charge in [0.2, 0.25) is 0 Å². The van der Waals surface area contributed by atoms with Crippen LogP contribution in [0.5, 0.6) is 0 Å². The van der Waals surface area contributed by atoms with Gasteiger partial charge in [0.25, 0.3) is 0 Å². The van der Waals surface area contributed by atoms with Crippen LogP contribution in [-0.2, 0) is 18.2 Å². The van der Waals surface area contributed by atoms with Gasteiger partial charge in [0, 0.05) is 38.5 Å². The molecule has 2 atom stereocenters. The number of ether oxygens (including phenoxy) is 1. The average Bonchev–Trinajstić information content (AvgIpc) is 2.78. The number of aryl methyl sites for hydroxylation is 1. The smallest absolute Gasteiger partial charge is 0.110 e. The first-order chi connectivity index (χ1) is 7.12. The van der Waals surface area contributed by atoms with E-state index in [-0.39, 0.29) is 11.6 Å². The van der Waals surface area contributed by atoms with Gasteiger partial charge >= 0.3 is 0 Å². The summed E-state index contributed by atoms with van der Waals surface area (Å²) in [5.74, 6) is 1.03. The minimum absolute atomic E-state index is 0.0288. The lowest BCUT2D eigenvalue weighted by molar-refractivity contribution is -0.00149. The van der Waals surface area contributed by atoms with Crippen LogP contribution in [0.15, 0.2) is 12.4 Å². The fourth-order valence-electron chi connectivity index (χ4n) is 2.10. The van der Waals surface area contributed by atoms with Crippen molar-refractivity contribution in [3.8, 4) is 0 Å². The molecule has 0 amide bonds. The Balaban J connectivity index is 2.03. The zero-order valence-corrected chi connectivity index (χ0v) is 9.44. The molecule has 0 saturated carbocycles. The van der Waals surface area contributed by atoms with Crippen LogP contribution >= 0.6 is 0 Å². The third kappa shape index (κ3) is 2.06. The Morgan fingerprint density at radius 2 is 2.53 bits per heavy atom. The van der Waals surface area contributed by atoms with E-state index in [4.69, 9.17) is 10.5 Å². The first kappa shape index (κ1) is 10.6. The summed E-state index contributed by atoms with van der Waals surface area (Å²) in [6.45, 7) is 2.94. The Labute approximate surface area is 90.4 Å². The molecule has 1 aromatic heterocycles. The molecule has 1 fully saturated rings. The summed E-state index contributed by atoms with van der Waals surface area (Å²) < 4.78 is 7.74. The fourth-order valence-corrected chi connectivity index (χ4v) is 2.10. The molecule has 1 aliphatic rings. The summed E-state index contributed by atoms with van der Waals surface area (Å²) >= 11 is 0. The maximum absolute atomic E-state index is 6.20.